The van der Waals surface area contributed by atoms with Gasteiger partial charge in [0.25, 0.3) is 0 Å². The minimum atomic E-state index is -0.657. The van der Waals surface area contributed by atoms with Crippen LogP contribution in [0.15, 0.2) is 60.7 Å². The van der Waals surface area contributed by atoms with Gasteiger partial charge in [-0.2, -0.15) is 0 Å². The number of phenolic OH excluding ortho intramolecular Hbond substituents is 1. The summed E-state index contributed by atoms with van der Waals surface area (Å²) in [6, 6.07) is 17.9. The lowest BCUT2D eigenvalue weighted by atomic mass is 10.0. The van der Waals surface area contributed by atoms with Gasteiger partial charge in [-0.25, -0.2) is 4.79 Å². The van der Waals surface area contributed by atoms with Crippen LogP contribution in [0.25, 0.3) is 10.8 Å². The van der Waals surface area contributed by atoms with Gasteiger partial charge in [-0.3, -0.25) is 4.79 Å². The van der Waals surface area contributed by atoms with E-state index >= 15 is 0 Å². The van der Waals surface area contributed by atoms with E-state index in [9.17, 15) is 14.7 Å². The first-order valence-electron chi connectivity index (χ1n) is 8.25. The largest absolute Gasteiger partial charge is 0.507 e. The molecule has 0 heterocycles. The van der Waals surface area contributed by atoms with E-state index in [0.717, 1.165) is 16.3 Å². The van der Waals surface area contributed by atoms with E-state index in [1.54, 1.807) is 6.92 Å². The molecule has 0 saturated carbocycles. The van der Waals surface area contributed by atoms with Crippen molar-refractivity contribution >= 4 is 28.3 Å². The highest BCUT2D eigenvalue weighted by atomic mass is 16.5. The fourth-order valence-corrected chi connectivity index (χ4v) is 2.87. The molecule has 0 unspecified atom stereocenters. The molecule has 1 amide bonds. The fourth-order valence-electron chi connectivity index (χ4n) is 2.87. The Balaban J connectivity index is 1.86. The molecule has 5 nitrogen and oxygen atoms in total. The van der Waals surface area contributed by atoms with E-state index in [2.05, 4.69) is 5.32 Å². The molecule has 3 aromatic rings. The van der Waals surface area contributed by atoms with Crippen LogP contribution in [-0.4, -0.2) is 17.0 Å². The number of anilines is 1. The smallest absolute Gasteiger partial charge is 0.342 e. The first-order valence-corrected chi connectivity index (χ1v) is 8.25. The topological polar surface area (TPSA) is 75.6 Å². The van der Waals surface area contributed by atoms with Gasteiger partial charge in [0, 0.05) is 12.6 Å². The SMILES string of the molecule is CC(=O)Nc1ccc(O)c(C(=O)O[C@H](C)c2cccc3ccccc23)c1. The molecule has 0 aliphatic rings. The van der Waals surface area contributed by atoms with Crippen LogP contribution in [0.1, 0.15) is 35.9 Å². The Bertz CT molecular complexity index is 975. The minimum absolute atomic E-state index is 0.00309. The van der Waals surface area contributed by atoms with Gasteiger partial charge in [-0.05, 0) is 41.5 Å². The van der Waals surface area contributed by atoms with Gasteiger partial charge in [0.05, 0.1) is 0 Å². The van der Waals surface area contributed by atoms with Crippen LogP contribution in [0.3, 0.4) is 0 Å². The maximum Gasteiger partial charge on any atom is 0.342 e. The second kappa shape index (κ2) is 7.27. The van der Waals surface area contributed by atoms with Gasteiger partial charge in [0.15, 0.2) is 0 Å². The van der Waals surface area contributed by atoms with Gasteiger partial charge in [-0.1, -0.05) is 42.5 Å². The normalized spacial score (nSPS) is 11.8. The van der Waals surface area contributed by atoms with Crippen molar-refractivity contribution < 1.29 is 19.4 Å². The van der Waals surface area contributed by atoms with Crippen LogP contribution in [0.4, 0.5) is 5.69 Å². The van der Waals surface area contributed by atoms with Crippen LogP contribution < -0.4 is 5.32 Å². The zero-order valence-electron chi connectivity index (χ0n) is 14.5. The lowest BCUT2D eigenvalue weighted by molar-refractivity contribution is -0.114. The molecule has 2 N–H and O–H groups in total. The molecular formula is C21H19NO4. The van der Waals surface area contributed by atoms with Crippen molar-refractivity contribution in [1.82, 2.24) is 0 Å². The number of carbonyl (C=O) groups is 2. The van der Waals surface area contributed by atoms with E-state index in [1.807, 2.05) is 42.5 Å². The van der Waals surface area contributed by atoms with Crippen LogP contribution in [-0.2, 0) is 9.53 Å². The number of ether oxygens (including phenoxy) is 1. The van der Waals surface area contributed by atoms with E-state index in [-0.39, 0.29) is 17.2 Å². The summed E-state index contributed by atoms with van der Waals surface area (Å²) in [5.74, 6) is -1.12. The summed E-state index contributed by atoms with van der Waals surface area (Å²) in [5.41, 5.74) is 1.30. The summed E-state index contributed by atoms with van der Waals surface area (Å²) in [6.07, 6.45) is -0.502. The zero-order valence-corrected chi connectivity index (χ0v) is 14.5. The summed E-state index contributed by atoms with van der Waals surface area (Å²) >= 11 is 0. The summed E-state index contributed by atoms with van der Waals surface area (Å²) < 4.78 is 5.56. The second-order valence-corrected chi connectivity index (χ2v) is 6.03. The molecule has 1 atom stereocenters. The Morgan fingerprint density at radius 1 is 1.04 bits per heavy atom. The van der Waals surface area contributed by atoms with Crippen molar-refractivity contribution in [2.75, 3.05) is 5.32 Å². The Hall–Kier alpha value is -3.34. The number of fused-ring (bicyclic) bond motifs is 1. The van der Waals surface area contributed by atoms with Crippen molar-refractivity contribution in [2.45, 2.75) is 20.0 Å². The van der Waals surface area contributed by atoms with Crippen molar-refractivity contribution in [3.8, 4) is 5.75 Å². The number of hydrogen-bond acceptors (Lipinski definition) is 4. The number of nitrogens with one attached hydrogen (secondary N) is 1. The third-order valence-electron chi connectivity index (χ3n) is 4.08. The number of amides is 1. The van der Waals surface area contributed by atoms with Crippen LogP contribution >= 0.6 is 0 Å². The highest BCUT2D eigenvalue weighted by Gasteiger charge is 2.19. The summed E-state index contributed by atoms with van der Waals surface area (Å²) in [7, 11) is 0. The van der Waals surface area contributed by atoms with Crippen LogP contribution in [0.5, 0.6) is 5.75 Å². The molecular weight excluding hydrogens is 330 g/mol. The molecule has 0 bridgehead atoms. The molecule has 0 aromatic heterocycles. The fraction of sp³-hybridized carbons (Fsp3) is 0.143. The summed E-state index contributed by atoms with van der Waals surface area (Å²) in [4.78, 5) is 23.7. The Labute approximate surface area is 151 Å². The summed E-state index contributed by atoms with van der Waals surface area (Å²) in [6.45, 7) is 3.15. The second-order valence-electron chi connectivity index (χ2n) is 6.03. The number of benzene rings is 3. The molecule has 132 valence electrons. The third-order valence-corrected chi connectivity index (χ3v) is 4.08. The highest BCUT2D eigenvalue weighted by Crippen LogP contribution is 2.29. The lowest BCUT2D eigenvalue weighted by Crippen LogP contribution is -2.11. The molecule has 0 aliphatic heterocycles. The van der Waals surface area contributed by atoms with Crippen molar-refractivity contribution in [2.24, 2.45) is 0 Å². The number of esters is 1. The van der Waals surface area contributed by atoms with E-state index in [0.29, 0.717) is 5.69 Å². The van der Waals surface area contributed by atoms with Gasteiger partial charge < -0.3 is 15.2 Å². The third kappa shape index (κ3) is 3.67. The van der Waals surface area contributed by atoms with Gasteiger partial charge in [-0.15, -0.1) is 0 Å². The molecule has 0 aliphatic carbocycles. The predicted octanol–water partition coefficient (Wildman–Crippen LogP) is 4.42. The minimum Gasteiger partial charge on any atom is -0.507 e. The molecule has 0 saturated heterocycles. The van der Waals surface area contributed by atoms with E-state index in [1.165, 1.54) is 25.1 Å². The average Bonchev–Trinajstić information content (AvgIpc) is 2.62. The van der Waals surface area contributed by atoms with Gasteiger partial charge >= 0.3 is 5.97 Å². The van der Waals surface area contributed by atoms with Crippen LogP contribution in [0, 0.1) is 0 Å². The molecule has 5 heteroatoms. The van der Waals surface area contributed by atoms with E-state index < -0.39 is 12.1 Å². The van der Waals surface area contributed by atoms with Crippen LogP contribution in [0.2, 0.25) is 0 Å². The monoisotopic (exact) mass is 349 g/mol. The zero-order chi connectivity index (χ0) is 18.7. The molecule has 0 radical (unpaired) electrons. The van der Waals surface area contributed by atoms with Crippen molar-refractivity contribution in [3.05, 3.63) is 71.8 Å². The molecule has 0 fully saturated rings. The van der Waals surface area contributed by atoms with E-state index in [4.69, 9.17) is 4.74 Å². The Kier molecular flexibility index (Phi) is 4.89. The number of carbonyl (C=O) groups excluding carboxylic acids is 2. The quantitative estimate of drug-likeness (QED) is 0.540. The molecule has 3 aromatic carbocycles. The standard InChI is InChI=1S/C21H19NO4/c1-13(17-9-5-7-15-6-3-4-8-18(15)17)26-21(25)19-12-16(22-14(2)23)10-11-20(19)24/h3-13,24H,1-2H3,(H,22,23)/t13-/m1/s1. The maximum absolute atomic E-state index is 12.5. The summed E-state index contributed by atoms with van der Waals surface area (Å²) in [5, 5.41) is 14.6. The van der Waals surface area contributed by atoms with Crippen molar-refractivity contribution in [1.29, 1.82) is 0 Å². The number of phenols is 1. The lowest BCUT2D eigenvalue weighted by Gasteiger charge is -2.16. The van der Waals surface area contributed by atoms with Gasteiger partial charge in [0.1, 0.15) is 17.4 Å². The Morgan fingerprint density at radius 3 is 2.54 bits per heavy atom. The molecule has 3 rings (SSSR count). The number of aromatic hydroxyl groups is 1. The Morgan fingerprint density at radius 2 is 1.77 bits per heavy atom. The van der Waals surface area contributed by atoms with Crippen molar-refractivity contribution in [3.63, 3.8) is 0 Å². The highest BCUT2D eigenvalue weighted by molar-refractivity contribution is 5.96. The molecule has 0 spiro atoms. The average molecular weight is 349 g/mol. The number of rotatable bonds is 4. The first-order chi connectivity index (χ1) is 12.5. The molecule has 26 heavy (non-hydrogen) atoms. The van der Waals surface area contributed by atoms with Gasteiger partial charge in [0.2, 0.25) is 5.91 Å². The number of hydrogen-bond donors (Lipinski definition) is 2. The first kappa shape index (κ1) is 17.5. The maximum atomic E-state index is 12.5. The predicted molar refractivity (Wildman–Crippen MR) is 100 cm³/mol.